The number of carbonyl (C=O) groups is 1. The highest BCUT2D eigenvalue weighted by atomic mass is 19.3. The Hall–Kier alpha value is -0.750. The molecule has 1 N–H and O–H groups in total. The molecule has 21 heavy (non-hydrogen) atoms. The van der Waals surface area contributed by atoms with Crippen molar-refractivity contribution in [1.29, 1.82) is 0 Å². The average molecular weight is 306 g/mol. The minimum absolute atomic E-state index is 0.264. The first-order valence-electron chi connectivity index (χ1n) is 7.76. The Kier molecular flexibility index (Phi) is 7.52. The molecule has 124 valence electrons. The first-order chi connectivity index (χ1) is 9.86. The number of methoxy groups -OCH3 is 1. The average Bonchev–Trinajstić information content (AvgIpc) is 2.40. The van der Waals surface area contributed by atoms with Crippen molar-refractivity contribution in [2.24, 2.45) is 5.92 Å². The zero-order chi connectivity index (χ0) is 15.9. The third-order valence-corrected chi connectivity index (χ3v) is 3.84. The van der Waals surface area contributed by atoms with Crippen LogP contribution in [0.25, 0.3) is 0 Å². The lowest BCUT2D eigenvalue weighted by atomic mass is 9.99. The first-order valence-corrected chi connectivity index (χ1v) is 7.76. The molecule has 1 unspecified atom stereocenters. The highest BCUT2D eigenvalue weighted by Crippen LogP contribution is 2.27. The predicted octanol–water partition coefficient (Wildman–Crippen LogP) is 2.28. The van der Waals surface area contributed by atoms with Crippen LogP contribution in [0.5, 0.6) is 0 Å². The number of halogens is 2. The van der Waals surface area contributed by atoms with Gasteiger partial charge in [-0.15, -0.1) is 0 Å². The number of nitrogens with zero attached hydrogens (tertiary/aromatic N) is 1. The van der Waals surface area contributed by atoms with Crippen LogP contribution >= 0.6 is 0 Å². The number of piperidine rings is 1. The fraction of sp³-hybridized carbons (Fsp3) is 0.933. The fourth-order valence-electron chi connectivity index (χ4n) is 2.48. The molecule has 6 heteroatoms. The normalized spacial score (nSPS) is 22.5. The van der Waals surface area contributed by atoms with Crippen LogP contribution in [0.15, 0.2) is 0 Å². The van der Waals surface area contributed by atoms with E-state index in [2.05, 4.69) is 5.32 Å². The molecular formula is C15H28F2N2O2. The van der Waals surface area contributed by atoms with E-state index in [9.17, 15) is 13.6 Å². The van der Waals surface area contributed by atoms with Crippen LogP contribution in [0.3, 0.4) is 0 Å². The van der Waals surface area contributed by atoms with E-state index in [1.54, 1.807) is 25.9 Å². The van der Waals surface area contributed by atoms with E-state index in [0.717, 1.165) is 25.9 Å². The quantitative estimate of drug-likeness (QED) is 0.700. The zero-order valence-electron chi connectivity index (χ0n) is 13.3. The monoisotopic (exact) mass is 306 g/mol. The van der Waals surface area contributed by atoms with Gasteiger partial charge in [-0.25, -0.2) is 8.78 Å². The lowest BCUT2D eigenvalue weighted by molar-refractivity contribution is -0.133. The smallest absolute Gasteiger partial charge is 0.280 e. The molecule has 1 atom stereocenters. The maximum absolute atomic E-state index is 14.1. The zero-order valence-corrected chi connectivity index (χ0v) is 13.3. The Morgan fingerprint density at radius 3 is 2.67 bits per heavy atom. The lowest BCUT2D eigenvalue weighted by Crippen LogP contribution is -2.58. The minimum atomic E-state index is -2.85. The molecule has 1 saturated heterocycles. The van der Waals surface area contributed by atoms with Gasteiger partial charge in [-0.05, 0) is 32.2 Å². The number of carbonyl (C=O) groups excluding carboxylic acids is 1. The molecule has 0 spiro atoms. The van der Waals surface area contributed by atoms with Crippen molar-refractivity contribution in [3.05, 3.63) is 0 Å². The SMILES string of the molecule is COCCCCCN1CCC(NC(=O)C(C)C)C(F)(F)C1. The van der Waals surface area contributed by atoms with Gasteiger partial charge in [0.1, 0.15) is 0 Å². The number of rotatable bonds is 8. The van der Waals surface area contributed by atoms with Crippen molar-refractivity contribution < 1.29 is 18.3 Å². The Morgan fingerprint density at radius 1 is 1.38 bits per heavy atom. The molecule has 1 aliphatic heterocycles. The number of alkyl halides is 2. The summed E-state index contributed by atoms with van der Waals surface area (Å²) in [5.41, 5.74) is 0. The van der Waals surface area contributed by atoms with Crippen LogP contribution in [0, 0.1) is 5.92 Å². The van der Waals surface area contributed by atoms with Crippen molar-refractivity contribution in [3.63, 3.8) is 0 Å². The molecule has 0 bridgehead atoms. The first kappa shape index (κ1) is 18.3. The van der Waals surface area contributed by atoms with Crippen molar-refractivity contribution >= 4 is 5.91 Å². The van der Waals surface area contributed by atoms with Crippen molar-refractivity contribution in [2.45, 2.75) is 51.5 Å². The number of amides is 1. The number of likely N-dealkylation sites (tertiary alicyclic amines) is 1. The van der Waals surface area contributed by atoms with Crippen molar-refractivity contribution in [1.82, 2.24) is 10.2 Å². The second-order valence-electron chi connectivity index (χ2n) is 6.10. The van der Waals surface area contributed by atoms with Crippen LogP contribution < -0.4 is 5.32 Å². The van der Waals surface area contributed by atoms with Gasteiger partial charge in [0.25, 0.3) is 5.92 Å². The highest BCUT2D eigenvalue weighted by molar-refractivity contribution is 5.78. The maximum atomic E-state index is 14.1. The Morgan fingerprint density at radius 2 is 2.10 bits per heavy atom. The van der Waals surface area contributed by atoms with Gasteiger partial charge in [0.2, 0.25) is 5.91 Å². The van der Waals surface area contributed by atoms with Crippen LogP contribution in [0.4, 0.5) is 8.78 Å². The third kappa shape index (κ3) is 6.26. The van der Waals surface area contributed by atoms with E-state index in [-0.39, 0.29) is 18.4 Å². The summed E-state index contributed by atoms with van der Waals surface area (Å²) in [7, 11) is 1.66. The van der Waals surface area contributed by atoms with Gasteiger partial charge in [0.15, 0.2) is 0 Å². The highest BCUT2D eigenvalue weighted by Gasteiger charge is 2.45. The van der Waals surface area contributed by atoms with E-state index in [1.807, 2.05) is 0 Å². The Labute approximate surface area is 126 Å². The van der Waals surface area contributed by atoms with Crippen LogP contribution in [-0.2, 0) is 9.53 Å². The number of ether oxygens (including phenoxy) is 1. The molecule has 1 heterocycles. The molecule has 0 aromatic carbocycles. The minimum Gasteiger partial charge on any atom is -0.385 e. The molecule has 0 aromatic rings. The predicted molar refractivity (Wildman–Crippen MR) is 78.5 cm³/mol. The number of hydrogen-bond acceptors (Lipinski definition) is 3. The fourth-order valence-corrected chi connectivity index (χ4v) is 2.48. The Balaban J connectivity index is 2.34. The van der Waals surface area contributed by atoms with E-state index in [0.29, 0.717) is 19.5 Å². The molecule has 4 nitrogen and oxygen atoms in total. The van der Waals surface area contributed by atoms with E-state index < -0.39 is 12.0 Å². The number of nitrogens with one attached hydrogen (secondary N) is 1. The van der Waals surface area contributed by atoms with Crippen molar-refractivity contribution in [3.8, 4) is 0 Å². The summed E-state index contributed by atoms with van der Waals surface area (Å²) in [5.74, 6) is -3.41. The summed E-state index contributed by atoms with van der Waals surface area (Å²) in [6.45, 7) is 5.18. The topological polar surface area (TPSA) is 41.6 Å². The molecule has 1 aliphatic rings. The summed E-state index contributed by atoms with van der Waals surface area (Å²) in [6, 6.07) is -1.03. The second kappa shape index (κ2) is 8.63. The third-order valence-electron chi connectivity index (χ3n) is 3.84. The van der Waals surface area contributed by atoms with Gasteiger partial charge in [0, 0.05) is 26.2 Å². The lowest BCUT2D eigenvalue weighted by Gasteiger charge is -2.38. The molecule has 1 fully saturated rings. The molecular weight excluding hydrogens is 278 g/mol. The summed E-state index contributed by atoms with van der Waals surface area (Å²) >= 11 is 0. The summed E-state index contributed by atoms with van der Waals surface area (Å²) in [5, 5.41) is 2.48. The van der Waals surface area contributed by atoms with Gasteiger partial charge >= 0.3 is 0 Å². The molecule has 1 rings (SSSR count). The standard InChI is InChI=1S/C15H28F2N2O2/c1-12(2)14(20)18-13-7-9-19(11-15(13,16)17)8-5-4-6-10-21-3/h12-13H,4-11H2,1-3H3,(H,18,20). The molecule has 0 aliphatic carbocycles. The molecule has 0 saturated carbocycles. The van der Waals surface area contributed by atoms with Gasteiger partial charge < -0.3 is 10.1 Å². The number of unbranched alkanes of at least 4 members (excludes halogenated alkanes) is 2. The maximum Gasteiger partial charge on any atom is 0.280 e. The van der Waals surface area contributed by atoms with Gasteiger partial charge in [0.05, 0.1) is 12.6 Å². The van der Waals surface area contributed by atoms with Crippen LogP contribution in [0.1, 0.15) is 39.5 Å². The summed E-state index contributed by atoms with van der Waals surface area (Å²) in [4.78, 5) is 13.4. The summed E-state index contributed by atoms with van der Waals surface area (Å²) in [6.07, 6.45) is 3.17. The second-order valence-corrected chi connectivity index (χ2v) is 6.10. The van der Waals surface area contributed by atoms with Crippen LogP contribution in [0.2, 0.25) is 0 Å². The van der Waals surface area contributed by atoms with Gasteiger partial charge in [-0.2, -0.15) is 0 Å². The van der Waals surface area contributed by atoms with Gasteiger partial charge in [-0.3, -0.25) is 9.69 Å². The summed E-state index contributed by atoms with van der Waals surface area (Å²) < 4.78 is 33.2. The van der Waals surface area contributed by atoms with E-state index >= 15 is 0 Å². The molecule has 0 aromatic heterocycles. The van der Waals surface area contributed by atoms with E-state index in [1.165, 1.54) is 0 Å². The molecule has 1 amide bonds. The molecule has 0 radical (unpaired) electrons. The number of hydrogen-bond donors (Lipinski definition) is 1. The largest absolute Gasteiger partial charge is 0.385 e. The van der Waals surface area contributed by atoms with Crippen molar-refractivity contribution in [2.75, 3.05) is 33.4 Å². The Bertz CT molecular complexity index is 325. The van der Waals surface area contributed by atoms with Gasteiger partial charge in [-0.1, -0.05) is 13.8 Å². The van der Waals surface area contributed by atoms with E-state index in [4.69, 9.17) is 4.74 Å². The van der Waals surface area contributed by atoms with Crippen LogP contribution in [-0.4, -0.2) is 56.1 Å².